The molecule has 1 radical (unpaired) electrons. The molecule has 23 heavy (non-hydrogen) atoms. The summed E-state index contributed by atoms with van der Waals surface area (Å²) in [5.74, 6) is -0.327. The summed E-state index contributed by atoms with van der Waals surface area (Å²) in [5.41, 5.74) is 1.84. The van der Waals surface area contributed by atoms with Crippen molar-refractivity contribution in [2.75, 3.05) is 0 Å². The molecule has 0 amide bonds. The van der Waals surface area contributed by atoms with Gasteiger partial charge in [-0.15, -0.1) is 0 Å². The van der Waals surface area contributed by atoms with E-state index in [-0.39, 0.29) is 17.2 Å². The minimum absolute atomic E-state index is 0.0850. The van der Waals surface area contributed by atoms with Crippen molar-refractivity contribution in [3.8, 4) is 0 Å². The molecule has 3 rings (SSSR count). The second-order valence-electron chi connectivity index (χ2n) is 5.80. The molecule has 0 heterocycles. The van der Waals surface area contributed by atoms with Crippen LogP contribution in [-0.2, 0) is 11.8 Å². The number of halogens is 1. The number of hydrogen-bond acceptors (Lipinski definition) is 1. The van der Waals surface area contributed by atoms with Crippen LogP contribution in [0.3, 0.4) is 0 Å². The predicted octanol–water partition coefficient (Wildman–Crippen LogP) is 4.19. The van der Waals surface area contributed by atoms with Gasteiger partial charge in [0.1, 0.15) is 0 Å². The zero-order valence-electron chi connectivity index (χ0n) is 12.6. The Labute approximate surface area is 144 Å². The summed E-state index contributed by atoms with van der Waals surface area (Å²) in [6.07, 6.45) is 8.94. The van der Waals surface area contributed by atoms with Crippen molar-refractivity contribution < 1.29 is 4.39 Å². The summed E-state index contributed by atoms with van der Waals surface area (Å²) < 4.78 is 13.9. The number of allylic oxidation sites excluding steroid dienone is 4. The van der Waals surface area contributed by atoms with Crippen LogP contribution in [-0.4, -0.2) is 20.6 Å². The summed E-state index contributed by atoms with van der Waals surface area (Å²) >= 11 is 2.86. The molecule has 1 aliphatic rings. The first-order valence-corrected chi connectivity index (χ1v) is 8.39. The number of hydrogen-bond donors (Lipinski definition) is 1. The van der Waals surface area contributed by atoms with Crippen molar-refractivity contribution in [3.05, 3.63) is 95.8 Å². The van der Waals surface area contributed by atoms with E-state index in [1.54, 1.807) is 0 Å². The van der Waals surface area contributed by atoms with E-state index < -0.39 is 0 Å². The molecule has 1 aliphatic carbocycles. The Hall–Kier alpha value is -1.96. The van der Waals surface area contributed by atoms with Crippen LogP contribution in [0.5, 0.6) is 0 Å². The molecule has 0 spiro atoms. The van der Waals surface area contributed by atoms with E-state index >= 15 is 0 Å². The fraction of sp³-hybridized carbons (Fsp3) is 0.150. The Morgan fingerprint density at radius 1 is 1.04 bits per heavy atom. The molecule has 0 aromatic heterocycles. The first kappa shape index (κ1) is 15.9. The van der Waals surface area contributed by atoms with E-state index in [0.717, 1.165) is 12.0 Å². The summed E-state index contributed by atoms with van der Waals surface area (Å²) in [6.45, 7) is 0. The molecule has 0 bridgehead atoms. The van der Waals surface area contributed by atoms with Gasteiger partial charge in [0.2, 0.25) is 0 Å². The van der Waals surface area contributed by atoms with E-state index in [1.165, 1.54) is 17.7 Å². The van der Waals surface area contributed by atoms with Crippen molar-refractivity contribution in [2.24, 2.45) is 5.92 Å². The normalized spacial score (nSPS) is 22.9. The Balaban J connectivity index is 2.12. The summed E-state index contributed by atoms with van der Waals surface area (Å²) in [7, 11) is 0. The van der Waals surface area contributed by atoms with Gasteiger partial charge in [-0.05, 0) is 0 Å². The van der Waals surface area contributed by atoms with Gasteiger partial charge >= 0.3 is 144 Å². The van der Waals surface area contributed by atoms with E-state index in [1.807, 2.05) is 48.6 Å². The van der Waals surface area contributed by atoms with Gasteiger partial charge in [0.25, 0.3) is 0 Å². The van der Waals surface area contributed by atoms with Crippen LogP contribution < -0.4 is 0 Å². The quantitative estimate of drug-likeness (QED) is 0.617. The molecule has 3 heteroatoms. The first-order valence-electron chi connectivity index (χ1n) is 7.53. The van der Waals surface area contributed by atoms with Crippen LogP contribution in [0.4, 0.5) is 4.39 Å². The average molecular weight is 369 g/mol. The maximum absolute atomic E-state index is 13.4. The maximum atomic E-state index is 13.4. The zero-order chi connectivity index (χ0) is 16.3. The van der Waals surface area contributed by atoms with Gasteiger partial charge in [0.15, 0.2) is 0 Å². The molecule has 1 nitrogen and oxygen atoms in total. The molecule has 1 N–H and O–H groups in total. The summed E-state index contributed by atoms with van der Waals surface area (Å²) in [5, 5.41) is 8.19. The molecular weight excluding hydrogens is 352 g/mol. The van der Waals surface area contributed by atoms with E-state index in [0.29, 0.717) is 4.61 Å². The molecule has 0 saturated heterocycles. The second kappa shape index (κ2) is 6.65. The van der Waals surface area contributed by atoms with E-state index in [4.69, 9.17) is 5.41 Å². The zero-order valence-corrected chi connectivity index (χ0v) is 14.3. The van der Waals surface area contributed by atoms with Gasteiger partial charge in [0.05, 0.1) is 0 Å². The van der Waals surface area contributed by atoms with Gasteiger partial charge < -0.3 is 0 Å². The first-order chi connectivity index (χ1) is 11.1. The Morgan fingerprint density at radius 3 is 2.39 bits per heavy atom. The second-order valence-corrected chi connectivity index (χ2v) is 6.72. The molecule has 2 aromatic carbocycles. The van der Waals surface area contributed by atoms with Crippen LogP contribution >= 0.6 is 0 Å². The van der Waals surface area contributed by atoms with Crippen LogP contribution in [0.1, 0.15) is 11.1 Å². The monoisotopic (exact) mass is 370 g/mol. The third-order valence-corrected chi connectivity index (χ3v) is 4.90. The molecule has 0 aliphatic heterocycles. The van der Waals surface area contributed by atoms with Gasteiger partial charge in [0, 0.05) is 0 Å². The molecule has 2 atom stereocenters. The SMILES string of the molecule is N=C([Se])C1C=CC=CC1(Cc1ccccc1)c1ccc(F)cc1. The average Bonchev–Trinajstić information content (AvgIpc) is 2.56. The van der Waals surface area contributed by atoms with Gasteiger partial charge in [-0.2, -0.15) is 0 Å². The summed E-state index contributed by atoms with van der Waals surface area (Å²) in [6, 6.07) is 16.9. The number of benzene rings is 2. The van der Waals surface area contributed by atoms with Crippen LogP contribution in [0.25, 0.3) is 0 Å². The summed E-state index contributed by atoms with van der Waals surface area (Å²) in [4.78, 5) is 0. The Kier molecular flexibility index (Phi) is 4.61. The van der Waals surface area contributed by atoms with Crippen molar-refractivity contribution in [1.29, 1.82) is 5.41 Å². The van der Waals surface area contributed by atoms with Gasteiger partial charge in [-0.1, -0.05) is 0 Å². The van der Waals surface area contributed by atoms with Gasteiger partial charge in [-0.25, -0.2) is 0 Å². The Morgan fingerprint density at radius 2 is 1.74 bits per heavy atom. The Bertz CT molecular complexity index is 749. The molecular formula is C20H17FNSe. The third kappa shape index (κ3) is 3.21. The van der Waals surface area contributed by atoms with E-state index in [9.17, 15) is 4.39 Å². The van der Waals surface area contributed by atoms with Crippen LogP contribution in [0.15, 0.2) is 78.9 Å². The molecule has 0 saturated carbocycles. The molecule has 0 fully saturated rings. The molecule has 2 aromatic rings. The van der Waals surface area contributed by atoms with Crippen molar-refractivity contribution in [2.45, 2.75) is 11.8 Å². The van der Waals surface area contributed by atoms with E-state index in [2.05, 4.69) is 34.2 Å². The molecule has 115 valence electrons. The standard InChI is InChI=1S/C20H17FNSe/c21-17-11-9-16(10-12-17)20(14-15-6-2-1-3-7-15)13-5-4-8-18(20)19(22)23/h1-13,18,22H,14H2. The van der Waals surface area contributed by atoms with Crippen molar-refractivity contribution >= 4 is 20.6 Å². The number of nitrogens with one attached hydrogen (secondary N) is 1. The fourth-order valence-corrected chi connectivity index (χ4v) is 3.85. The van der Waals surface area contributed by atoms with Crippen LogP contribution in [0, 0.1) is 17.1 Å². The minimum atomic E-state index is -0.383. The van der Waals surface area contributed by atoms with Crippen LogP contribution in [0.2, 0.25) is 0 Å². The van der Waals surface area contributed by atoms with Crippen molar-refractivity contribution in [1.82, 2.24) is 0 Å². The van der Waals surface area contributed by atoms with Crippen molar-refractivity contribution in [3.63, 3.8) is 0 Å². The molecule has 2 unspecified atom stereocenters. The van der Waals surface area contributed by atoms with Gasteiger partial charge in [-0.3, -0.25) is 0 Å². The topological polar surface area (TPSA) is 23.9 Å². The third-order valence-electron chi connectivity index (χ3n) is 4.37. The predicted molar refractivity (Wildman–Crippen MR) is 93.5 cm³/mol. The number of rotatable bonds is 4. The fourth-order valence-electron chi connectivity index (χ4n) is 3.24.